The number of furan rings is 1. The molecule has 1 heterocycles. The summed E-state index contributed by atoms with van der Waals surface area (Å²) in [6.07, 6.45) is 1.53. The van der Waals surface area contributed by atoms with E-state index < -0.39 is 11.9 Å². The fourth-order valence-corrected chi connectivity index (χ4v) is 2.42. The minimum atomic E-state index is -0.602. The van der Waals surface area contributed by atoms with Gasteiger partial charge in [-0.25, -0.2) is 4.79 Å². The van der Waals surface area contributed by atoms with Gasteiger partial charge in [0.25, 0.3) is 5.91 Å². The third kappa shape index (κ3) is 5.22. The van der Waals surface area contributed by atoms with Gasteiger partial charge in [-0.05, 0) is 49.4 Å². The van der Waals surface area contributed by atoms with Crippen LogP contribution in [0.1, 0.15) is 29.1 Å². The first-order valence-electron chi connectivity index (χ1n) is 8.44. The summed E-state index contributed by atoms with van der Waals surface area (Å²) in [6.45, 7) is 1.40. The van der Waals surface area contributed by atoms with Crippen molar-refractivity contribution in [2.75, 3.05) is 6.61 Å². The lowest BCUT2D eigenvalue weighted by atomic mass is 10.2. The van der Waals surface area contributed by atoms with Crippen molar-refractivity contribution < 1.29 is 23.5 Å². The summed E-state index contributed by atoms with van der Waals surface area (Å²) in [5, 5.41) is 2.70. The van der Waals surface area contributed by atoms with Crippen LogP contribution < -0.4 is 10.1 Å². The first kappa shape index (κ1) is 18.3. The molecule has 0 spiro atoms. The molecule has 3 aromatic rings. The largest absolute Gasteiger partial charge is 0.467 e. The molecule has 0 saturated carbocycles. The highest BCUT2D eigenvalue weighted by Crippen LogP contribution is 2.22. The Labute approximate surface area is 156 Å². The van der Waals surface area contributed by atoms with Crippen LogP contribution in [0, 0.1) is 0 Å². The molecular weight excluding hydrogens is 346 g/mol. The first-order chi connectivity index (χ1) is 13.1. The van der Waals surface area contributed by atoms with Crippen LogP contribution in [0.2, 0.25) is 0 Å². The highest BCUT2D eigenvalue weighted by molar-refractivity contribution is 5.91. The highest BCUT2D eigenvalue weighted by Gasteiger charge is 2.15. The number of carbonyl (C=O) groups excluding carboxylic acids is 2. The zero-order valence-corrected chi connectivity index (χ0v) is 14.8. The van der Waals surface area contributed by atoms with E-state index in [2.05, 4.69) is 5.32 Å². The summed E-state index contributed by atoms with van der Waals surface area (Å²) in [5.74, 6) is 0.777. The van der Waals surface area contributed by atoms with Crippen molar-refractivity contribution in [3.63, 3.8) is 0 Å². The van der Waals surface area contributed by atoms with Crippen LogP contribution in [0.25, 0.3) is 0 Å². The van der Waals surface area contributed by atoms with Gasteiger partial charge in [-0.15, -0.1) is 0 Å². The van der Waals surface area contributed by atoms with Crippen molar-refractivity contribution in [1.82, 2.24) is 5.32 Å². The molecule has 1 N–H and O–H groups in total. The Morgan fingerprint density at radius 3 is 2.52 bits per heavy atom. The van der Waals surface area contributed by atoms with Gasteiger partial charge in [0.1, 0.15) is 17.3 Å². The topological polar surface area (TPSA) is 77.8 Å². The Kier molecular flexibility index (Phi) is 5.89. The molecule has 0 aliphatic rings. The van der Waals surface area contributed by atoms with Crippen molar-refractivity contribution in [2.45, 2.75) is 13.0 Å². The van der Waals surface area contributed by atoms with Crippen LogP contribution in [-0.2, 0) is 9.53 Å². The van der Waals surface area contributed by atoms with E-state index in [0.717, 1.165) is 0 Å². The number of ether oxygens (including phenoxy) is 2. The van der Waals surface area contributed by atoms with Gasteiger partial charge >= 0.3 is 5.97 Å². The van der Waals surface area contributed by atoms with Gasteiger partial charge < -0.3 is 19.2 Å². The summed E-state index contributed by atoms with van der Waals surface area (Å²) in [5.41, 5.74) is 0.301. The van der Waals surface area contributed by atoms with Crippen molar-refractivity contribution >= 4 is 11.9 Å². The molecular formula is C21H19NO5. The number of amides is 1. The molecule has 27 heavy (non-hydrogen) atoms. The average Bonchev–Trinajstić information content (AvgIpc) is 3.22. The molecule has 0 bridgehead atoms. The Morgan fingerprint density at radius 1 is 1.00 bits per heavy atom. The second-order valence-electron chi connectivity index (χ2n) is 5.82. The predicted molar refractivity (Wildman–Crippen MR) is 98.5 cm³/mol. The second kappa shape index (κ2) is 8.71. The lowest BCUT2D eigenvalue weighted by Crippen LogP contribution is -2.30. The number of benzene rings is 2. The summed E-state index contributed by atoms with van der Waals surface area (Å²) >= 11 is 0. The number of para-hydroxylation sites is 1. The van der Waals surface area contributed by atoms with Crippen LogP contribution in [-0.4, -0.2) is 18.5 Å². The molecule has 0 aliphatic carbocycles. The van der Waals surface area contributed by atoms with Crippen molar-refractivity contribution in [3.05, 3.63) is 84.3 Å². The minimum absolute atomic E-state index is 0.301. The van der Waals surface area contributed by atoms with E-state index in [1.165, 1.54) is 6.26 Å². The lowest BCUT2D eigenvalue weighted by molar-refractivity contribution is -0.125. The van der Waals surface area contributed by atoms with Gasteiger partial charge in [0, 0.05) is 0 Å². The Balaban J connectivity index is 1.53. The van der Waals surface area contributed by atoms with Crippen LogP contribution in [0.4, 0.5) is 0 Å². The van der Waals surface area contributed by atoms with E-state index in [0.29, 0.717) is 22.8 Å². The second-order valence-corrected chi connectivity index (χ2v) is 5.82. The Morgan fingerprint density at radius 2 is 1.78 bits per heavy atom. The number of hydrogen-bond acceptors (Lipinski definition) is 5. The smallest absolute Gasteiger partial charge is 0.338 e. The van der Waals surface area contributed by atoms with Gasteiger partial charge in [-0.1, -0.05) is 24.3 Å². The molecule has 1 aromatic heterocycles. The fourth-order valence-electron chi connectivity index (χ4n) is 2.42. The minimum Gasteiger partial charge on any atom is -0.467 e. The highest BCUT2D eigenvalue weighted by atomic mass is 16.5. The molecule has 1 amide bonds. The van der Waals surface area contributed by atoms with Crippen LogP contribution >= 0.6 is 0 Å². The monoisotopic (exact) mass is 365 g/mol. The third-order valence-corrected chi connectivity index (χ3v) is 3.73. The average molecular weight is 365 g/mol. The van der Waals surface area contributed by atoms with Gasteiger partial charge in [-0.3, -0.25) is 4.79 Å². The van der Waals surface area contributed by atoms with E-state index in [1.807, 2.05) is 30.3 Å². The van der Waals surface area contributed by atoms with Crippen LogP contribution in [0.3, 0.4) is 0 Å². The predicted octanol–water partition coefficient (Wildman–Crippen LogP) is 4.11. The maximum Gasteiger partial charge on any atom is 0.338 e. The molecule has 6 heteroatoms. The van der Waals surface area contributed by atoms with E-state index in [4.69, 9.17) is 13.9 Å². The standard InChI is InChI=1S/C21H19NO5/c1-15(19-11-6-12-25-19)22-20(23)14-26-21(24)16-7-5-10-18(13-16)27-17-8-3-2-4-9-17/h2-13,15H,14H2,1H3,(H,22,23)/t15-/m0/s1. The van der Waals surface area contributed by atoms with Crippen LogP contribution in [0.5, 0.6) is 11.5 Å². The van der Waals surface area contributed by atoms with Gasteiger partial charge in [0.2, 0.25) is 0 Å². The molecule has 6 nitrogen and oxygen atoms in total. The van der Waals surface area contributed by atoms with Crippen LogP contribution in [0.15, 0.2) is 77.4 Å². The van der Waals surface area contributed by atoms with E-state index in [1.54, 1.807) is 43.3 Å². The number of rotatable bonds is 7. The Hall–Kier alpha value is -3.54. The van der Waals surface area contributed by atoms with E-state index in [-0.39, 0.29) is 12.6 Å². The fraction of sp³-hybridized carbons (Fsp3) is 0.143. The zero-order valence-electron chi connectivity index (χ0n) is 14.8. The maximum atomic E-state index is 12.2. The molecule has 1 atom stereocenters. The number of carbonyl (C=O) groups is 2. The van der Waals surface area contributed by atoms with Crippen molar-refractivity contribution in [1.29, 1.82) is 0 Å². The van der Waals surface area contributed by atoms with E-state index in [9.17, 15) is 9.59 Å². The molecule has 3 rings (SSSR count). The molecule has 0 unspecified atom stereocenters. The van der Waals surface area contributed by atoms with Gasteiger partial charge in [0.15, 0.2) is 6.61 Å². The van der Waals surface area contributed by atoms with Crippen molar-refractivity contribution in [3.8, 4) is 11.5 Å². The Bertz CT molecular complexity index is 890. The first-order valence-corrected chi connectivity index (χ1v) is 8.44. The van der Waals surface area contributed by atoms with Gasteiger partial charge in [0.05, 0.1) is 17.9 Å². The molecule has 2 aromatic carbocycles. The summed E-state index contributed by atoms with van der Waals surface area (Å²) in [7, 11) is 0. The number of hydrogen-bond donors (Lipinski definition) is 1. The third-order valence-electron chi connectivity index (χ3n) is 3.73. The summed E-state index contributed by atoms with van der Waals surface area (Å²) < 4.78 is 16.0. The summed E-state index contributed by atoms with van der Waals surface area (Å²) in [4.78, 5) is 24.1. The molecule has 0 saturated heterocycles. The molecule has 0 aliphatic heterocycles. The normalized spacial score (nSPS) is 11.4. The van der Waals surface area contributed by atoms with Gasteiger partial charge in [-0.2, -0.15) is 0 Å². The van der Waals surface area contributed by atoms with E-state index >= 15 is 0 Å². The summed E-state index contributed by atoms with van der Waals surface area (Å²) in [6, 6.07) is 19.0. The molecule has 0 fully saturated rings. The zero-order chi connectivity index (χ0) is 19.1. The lowest BCUT2D eigenvalue weighted by Gasteiger charge is -2.12. The van der Waals surface area contributed by atoms with Crippen molar-refractivity contribution in [2.24, 2.45) is 0 Å². The number of esters is 1. The quantitative estimate of drug-likeness (QED) is 0.638. The SMILES string of the molecule is C[C@H](NC(=O)COC(=O)c1cccc(Oc2ccccc2)c1)c1ccco1. The maximum absolute atomic E-state index is 12.2. The molecule has 138 valence electrons. The number of nitrogens with one attached hydrogen (secondary N) is 1. The molecule has 0 radical (unpaired) electrons.